The van der Waals surface area contributed by atoms with Gasteiger partial charge in [0.1, 0.15) is 5.92 Å². The zero-order chi connectivity index (χ0) is 13.2. The van der Waals surface area contributed by atoms with Gasteiger partial charge in [0.2, 0.25) is 5.91 Å². The molecule has 0 bridgehead atoms. The van der Waals surface area contributed by atoms with E-state index in [1.165, 1.54) is 6.42 Å². The van der Waals surface area contributed by atoms with Crippen LogP contribution in [0.2, 0.25) is 0 Å². The Morgan fingerprint density at radius 2 is 1.89 bits per heavy atom. The second kappa shape index (κ2) is 5.08. The minimum Gasteiger partial charge on any atom is -0.357 e. The largest absolute Gasteiger partial charge is 0.357 e. The predicted molar refractivity (Wildman–Crippen MR) is 76.7 cm³/mol. The molecule has 1 amide bonds. The highest BCUT2D eigenvalue weighted by Crippen LogP contribution is 2.23. The summed E-state index contributed by atoms with van der Waals surface area (Å²) >= 11 is 0. The van der Waals surface area contributed by atoms with Gasteiger partial charge in [-0.15, -0.1) is 0 Å². The number of hydrogen-bond donors (Lipinski definition) is 1. The van der Waals surface area contributed by atoms with E-state index in [1.54, 1.807) is 0 Å². The minimum absolute atomic E-state index is 0.172. The van der Waals surface area contributed by atoms with E-state index in [0.29, 0.717) is 0 Å². The first kappa shape index (κ1) is 12.3. The van der Waals surface area contributed by atoms with Gasteiger partial charge in [-0.2, -0.15) is 0 Å². The number of hydrogen-bond acceptors (Lipinski definition) is 1. The number of rotatable bonds is 2. The van der Waals surface area contributed by atoms with Crippen LogP contribution in [0.1, 0.15) is 31.9 Å². The second-order valence-electron chi connectivity index (χ2n) is 5.25. The van der Waals surface area contributed by atoms with Gasteiger partial charge >= 0.3 is 0 Å². The molecule has 0 atom stereocenters. The Kier molecular flexibility index (Phi) is 3.28. The molecule has 0 saturated carbocycles. The van der Waals surface area contributed by atoms with Gasteiger partial charge in [-0.3, -0.25) is 4.79 Å². The van der Waals surface area contributed by atoms with E-state index >= 15 is 0 Å². The maximum atomic E-state index is 12.4. The van der Waals surface area contributed by atoms with Crippen molar-refractivity contribution >= 4 is 16.8 Å². The summed E-state index contributed by atoms with van der Waals surface area (Å²) in [7, 11) is 0. The fourth-order valence-corrected chi connectivity index (χ4v) is 2.72. The first-order valence-corrected chi connectivity index (χ1v) is 6.96. The average molecular weight is 255 g/mol. The van der Waals surface area contributed by atoms with Crippen molar-refractivity contribution in [1.82, 2.24) is 9.88 Å². The van der Waals surface area contributed by atoms with Crippen LogP contribution >= 0.6 is 0 Å². The lowest BCUT2D eigenvalue weighted by Gasteiger charge is -2.28. The molecule has 1 fully saturated rings. The van der Waals surface area contributed by atoms with Crippen molar-refractivity contribution in [3.8, 4) is 0 Å². The van der Waals surface area contributed by atoms with Crippen molar-refractivity contribution in [3.63, 3.8) is 0 Å². The molecule has 3 heteroatoms. The number of likely N-dealkylation sites (tertiary alicyclic amines) is 1. The number of nitrogens with zero attached hydrogens (tertiary/aromatic N) is 1. The van der Waals surface area contributed by atoms with E-state index in [1.807, 2.05) is 30.0 Å². The first-order chi connectivity index (χ1) is 9.25. The Morgan fingerprint density at radius 3 is 2.63 bits per heavy atom. The van der Waals surface area contributed by atoms with Gasteiger partial charge in [-0.05, 0) is 43.7 Å². The number of H-pyrrole nitrogens is 1. The van der Waals surface area contributed by atoms with Crippen LogP contribution < -0.4 is 0 Å². The van der Waals surface area contributed by atoms with Crippen molar-refractivity contribution in [2.75, 3.05) is 13.1 Å². The molecular formula is C16H19N2O. The molecule has 2 heterocycles. The van der Waals surface area contributed by atoms with E-state index in [-0.39, 0.29) is 5.91 Å². The average Bonchev–Trinajstić information content (AvgIpc) is 2.90. The van der Waals surface area contributed by atoms with Crippen LogP contribution in [0.15, 0.2) is 30.3 Å². The maximum Gasteiger partial charge on any atom is 0.235 e. The van der Waals surface area contributed by atoms with Gasteiger partial charge in [-0.1, -0.05) is 18.2 Å². The summed E-state index contributed by atoms with van der Waals surface area (Å²) in [5.74, 6) is 0.990. The molecule has 1 N–H and O–H groups in total. The molecule has 1 aliphatic rings. The van der Waals surface area contributed by atoms with Gasteiger partial charge in [0.05, 0.1) is 0 Å². The SMILES string of the molecule is C[C](C(=O)N1CCCCC1)c1cc2ccccc2[nH]1. The molecule has 19 heavy (non-hydrogen) atoms. The number of fused-ring (bicyclic) bond motifs is 1. The Bertz CT molecular complexity index is 548. The fraction of sp³-hybridized carbons (Fsp3) is 0.375. The lowest BCUT2D eigenvalue weighted by Crippen LogP contribution is -2.38. The fourth-order valence-electron chi connectivity index (χ4n) is 2.72. The zero-order valence-electron chi connectivity index (χ0n) is 11.3. The summed E-state index contributed by atoms with van der Waals surface area (Å²) in [5.41, 5.74) is 2.03. The van der Waals surface area contributed by atoms with Gasteiger partial charge in [0.25, 0.3) is 0 Å². The summed E-state index contributed by atoms with van der Waals surface area (Å²) in [6.07, 6.45) is 3.51. The molecule has 3 nitrogen and oxygen atoms in total. The Labute approximate surface area is 113 Å². The van der Waals surface area contributed by atoms with Crippen LogP contribution in [0.3, 0.4) is 0 Å². The molecule has 1 aliphatic heterocycles. The lowest BCUT2D eigenvalue weighted by atomic mass is 10.0. The lowest BCUT2D eigenvalue weighted by molar-refractivity contribution is -0.129. The quantitative estimate of drug-likeness (QED) is 0.879. The summed E-state index contributed by atoms with van der Waals surface area (Å²) in [6.45, 7) is 3.72. The Morgan fingerprint density at radius 1 is 1.16 bits per heavy atom. The van der Waals surface area contributed by atoms with E-state index < -0.39 is 0 Å². The number of aromatic nitrogens is 1. The van der Waals surface area contributed by atoms with Crippen molar-refractivity contribution < 1.29 is 4.79 Å². The van der Waals surface area contributed by atoms with Gasteiger partial charge in [0, 0.05) is 24.3 Å². The maximum absolute atomic E-state index is 12.4. The smallest absolute Gasteiger partial charge is 0.235 e. The van der Waals surface area contributed by atoms with Crippen LogP contribution in [0, 0.1) is 5.92 Å². The van der Waals surface area contributed by atoms with Crippen molar-refractivity contribution in [1.29, 1.82) is 0 Å². The van der Waals surface area contributed by atoms with Crippen LogP contribution in [-0.4, -0.2) is 28.9 Å². The number of carbonyl (C=O) groups excluding carboxylic acids is 1. The third-order valence-corrected chi connectivity index (χ3v) is 3.90. The third-order valence-electron chi connectivity index (χ3n) is 3.90. The van der Waals surface area contributed by atoms with Gasteiger partial charge in [-0.25, -0.2) is 0 Å². The monoisotopic (exact) mass is 255 g/mol. The molecule has 3 rings (SSSR count). The van der Waals surface area contributed by atoms with Crippen LogP contribution in [0.5, 0.6) is 0 Å². The van der Waals surface area contributed by atoms with E-state index in [0.717, 1.165) is 48.4 Å². The van der Waals surface area contributed by atoms with Crippen molar-refractivity contribution in [2.45, 2.75) is 26.2 Å². The standard InChI is InChI=1S/C16H19N2O/c1-12(16(19)18-9-5-2-6-10-18)15-11-13-7-3-4-8-14(13)17-15/h3-4,7-8,11,17H,2,5-6,9-10H2,1H3. The number of nitrogens with one attached hydrogen (secondary N) is 1. The van der Waals surface area contributed by atoms with E-state index in [9.17, 15) is 4.79 Å². The molecule has 1 radical (unpaired) electrons. The van der Waals surface area contributed by atoms with Crippen molar-refractivity contribution in [2.24, 2.45) is 0 Å². The molecule has 1 aromatic carbocycles. The van der Waals surface area contributed by atoms with E-state index in [4.69, 9.17) is 0 Å². The highest BCUT2D eigenvalue weighted by Gasteiger charge is 2.25. The van der Waals surface area contributed by atoms with Crippen LogP contribution in [0.4, 0.5) is 0 Å². The predicted octanol–water partition coefficient (Wildman–Crippen LogP) is 3.12. The third kappa shape index (κ3) is 2.37. The Balaban J connectivity index is 1.82. The second-order valence-corrected chi connectivity index (χ2v) is 5.25. The van der Waals surface area contributed by atoms with Crippen molar-refractivity contribution in [3.05, 3.63) is 41.9 Å². The Hall–Kier alpha value is -1.77. The highest BCUT2D eigenvalue weighted by molar-refractivity contribution is 5.95. The van der Waals surface area contributed by atoms with Gasteiger partial charge in [0.15, 0.2) is 0 Å². The van der Waals surface area contributed by atoms with E-state index in [2.05, 4.69) is 17.1 Å². The number of aromatic amines is 1. The summed E-state index contributed by atoms with van der Waals surface area (Å²) < 4.78 is 0. The summed E-state index contributed by atoms with van der Waals surface area (Å²) in [6, 6.07) is 10.2. The zero-order valence-corrected chi connectivity index (χ0v) is 11.3. The van der Waals surface area contributed by atoms with Crippen LogP contribution in [-0.2, 0) is 4.79 Å². The topological polar surface area (TPSA) is 36.1 Å². The molecule has 2 aromatic rings. The molecular weight excluding hydrogens is 236 g/mol. The molecule has 0 spiro atoms. The number of para-hydroxylation sites is 1. The number of benzene rings is 1. The normalized spacial score (nSPS) is 16.2. The number of carbonyl (C=O) groups is 1. The summed E-state index contributed by atoms with van der Waals surface area (Å²) in [5, 5.41) is 1.16. The molecule has 1 aromatic heterocycles. The molecule has 0 aliphatic carbocycles. The first-order valence-electron chi connectivity index (χ1n) is 6.96. The number of amides is 1. The minimum atomic E-state index is 0.172. The highest BCUT2D eigenvalue weighted by atomic mass is 16.2. The molecule has 0 unspecified atom stereocenters. The molecule has 99 valence electrons. The molecule has 1 saturated heterocycles. The summed E-state index contributed by atoms with van der Waals surface area (Å²) in [4.78, 5) is 17.8. The number of piperidine rings is 1. The van der Waals surface area contributed by atoms with Gasteiger partial charge < -0.3 is 9.88 Å². The van der Waals surface area contributed by atoms with Crippen LogP contribution in [0.25, 0.3) is 10.9 Å².